The number of carbonyl (C=O) groups is 1. The zero-order valence-corrected chi connectivity index (χ0v) is 9.98. The van der Waals surface area contributed by atoms with Crippen molar-refractivity contribution in [3.63, 3.8) is 0 Å². The monoisotopic (exact) mass is 263 g/mol. The third kappa shape index (κ3) is 4.83. The van der Waals surface area contributed by atoms with Gasteiger partial charge in [0.05, 0.1) is 24.2 Å². The average Bonchev–Trinajstić information content (AvgIpc) is 2.60. The molecular formula is C8H13N3O5S. The summed E-state index contributed by atoms with van der Waals surface area (Å²) in [7, 11) is -2.08. The molecule has 8 nitrogen and oxygen atoms in total. The van der Waals surface area contributed by atoms with Crippen LogP contribution in [-0.4, -0.2) is 48.7 Å². The van der Waals surface area contributed by atoms with Crippen molar-refractivity contribution in [3.8, 4) is 0 Å². The number of aromatic nitrogens is 2. The van der Waals surface area contributed by atoms with E-state index in [1.54, 1.807) is 0 Å². The Hall–Kier alpha value is -1.61. The molecule has 0 bridgehead atoms. The Morgan fingerprint density at radius 2 is 2.35 bits per heavy atom. The second kappa shape index (κ2) is 5.64. The molecule has 1 heterocycles. The van der Waals surface area contributed by atoms with Crippen molar-refractivity contribution in [2.45, 2.75) is 6.54 Å². The highest BCUT2D eigenvalue weighted by Crippen LogP contribution is 2.07. The summed E-state index contributed by atoms with van der Waals surface area (Å²) in [6.45, 7) is -0.238. The number of hydrogen-bond acceptors (Lipinski definition) is 5. The van der Waals surface area contributed by atoms with Crippen LogP contribution in [0.5, 0.6) is 0 Å². The number of nitrogens with one attached hydrogen (secondary N) is 1. The predicted octanol–water partition coefficient (Wildman–Crippen LogP) is -0.644. The zero-order valence-electron chi connectivity index (χ0n) is 9.16. The highest BCUT2D eigenvalue weighted by Gasteiger charge is 2.11. The molecule has 0 aliphatic heterocycles. The van der Waals surface area contributed by atoms with Crippen LogP contribution in [0.15, 0.2) is 12.4 Å². The van der Waals surface area contributed by atoms with Crippen LogP contribution in [0.1, 0.15) is 0 Å². The topological polar surface area (TPSA) is 111 Å². The van der Waals surface area contributed by atoms with Crippen molar-refractivity contribution in [3.05, 3.63) is 12.4 Å². The first-order valence-corrected chi connectivity index (χ1v) is 6.32. The van der Waals surface area contributed by atoms with Crippen LogP contribution in [0.4, 0.5) is 5.69 Å². The Balaban J connectivity index is 2.62. The van der Waals surface area contributed by atoms with Gasteiger partial charge in [0.15, 0.2) is 0 Å². The molecule has 2 N–H and O–H groups in total. The third-order valence-corrected chi connectivity index (χ3v) is 3.01. The highest BCUT2D eigenvalue weighted by atomic mass is 32.2. The summed E-state index contributed by atoms with van der Waals surface area (Å²) in [5.74, 6) is -1.23. The summed E-state index contributed by atoms with van der Waals surface area (Å²) >= 11 is 0. The molecule has 0 amide bonds. The second-order valence-corrected chi connectivity index (χ2v) is 5.08. The number of ether oxygens (including phenoxy) is 1. The van der Waals surface area contributed by atoms with Gasteiger partial charge in [0.25, 0.3) is 0 Å². The SMILES string of the molecule is COCCS(=O)(=O)Nc1cnn(CC(=O)O)c1. The number of aliphatic carboxylic acids is 1. The Bertz CT molecular complexity index is 481. The molecule has 0 aromatic carbocycles. The van der Waals surface area contributed by atoms with Crippen molar-refractivity contribution < 1.29 is 23.1 Å². The van der Waals surface area contributed by atoms with Crippen molar-refractivity contribution in [1.82, 2.24) is 9.78 Å². The number of carboxylic acids is 1. The van der Waals surface area contributed by atoms with E-state index in [1.807, 2.05) is 0 Å². The van der Waals surface area contributed by atoms with Gasteiger partial charge in [0, 0.05) is 13.3 Å². The quantitative estimate of drug-likeness (QED) is 0.676. The number of methoxy groups -OCH3 is 1. The van der Waals surface area contributed by atoms with E-state index in [1.165, 1.54) is 19.5 Å². The first kappa shape index (κ1) is 13.5. The minimum Gasteiger partial charge on any atom is -0.480 e. The Kier molecular flexibility index (Phi) is 4.46. The number of sulfonamides is 1. The Morgan fingerprint density at radius 3 is 2.94 bits per heavy atom. The van der Waals surface area contributed by atoms with Gasteiger partial charge in [-0.3, -0.25) is 14.2 Å². The minimum absolute atomic E-state index is 0.0819. The van der Waals surface area contributed by atoms with E-state index in [0.717, 1.165) is 4.68 Å². The zero-order chi connectivity index (χ0) is 12.9. The highest BCUT2D eigenvalue weighted by molar-refractivity contribution is 7.92. The average molecular weight is 263 g/mol. The van der Waals surface area contributed by atoms with Gasteiger partial charge < -0.3 is 9.84 Å². The molecular weight excluding hydrogens is 250 g/mol. The van der Waals surface area contributed by atoms with Gasteiger partial charge in [0.1, 0.15) is 6.54 Å². The smallest absolute Gasteiger partial charge is 0.325 e. The van der Waals surface area contributed by atoms with Crippen LogP contribution in [-0.2, 0) is 26.1 Å². The first-order chi connectivity index (χ1) is 7.93. The first-order valence-electron chi connectivity index (χ1n) is 4.66. The van der Waals surface area contributed by atoms with Crippen molar-refractivity contribution in [1.29, 1.82) is 0 Å². The number of anilines is 1. The van der Waals surface area contributed by atoms with Gasteiger partial charge in [-0.25, -0.2) is 8.42 Å². The van der Waals surface area contributed by atoms with Gasteiger partial charge >= 0.3 is 5.97 Å². The predicted molar refractivity (Wildman–Crippen MR) is 59.1 cm³/mol. The van der Waals surface area contributed by atoms with E-state index < -0.39 is 16.0 Å². The third-order valence-electron chi connectivity index (χ3n) is 1.76. The van der Waals surface area contributed by atoms with Crippen molar-refractivity contribution in [2.75, 3.05) is 24.2 Å². The van der Waals surface area contributed by atoms with Gasteiger partial charge in [-0.15, -0.1) is 0 Å². The van der Waals surface area contributed by atoms with Gasteiger partial charge in [-0.05, 0) is 0 Å². The van der Waals surface area contributed by atoms with E-state index in [4.69, 9.17) is 5.11 Å². The van der Waals surface area contributed by atoms with Gasteiger partial charge in [0.2, 0.25) is 10.0 Å². The molecule has 1 aromatic rings. The lowest BCUT2D eigenvalue weighted by Crippen LogP contribution is -2.19. The minimum atomic E-state index is -3.49. The summed E-state index contributed by atoms with van der Waals surface area (Å²) < 4.78 is 30.9. The number of carboxylic acid groups (broad SMARTS) is 1. The Labute approximate surface area is 98.2 Å². The number of rotatable bonds is 7. The molecule has 0 fully saturated rings. The summed E-state index contributed by atoms with van der Waals surface area (Å²) in [6.07, 6.45) is 2.55. The molecule has 1 rings (SSSR count). The lowest BCUT2D eigenvalue weighted by molar-refractivity contribution is -0.137. The van der Waals surface area contributed by atoms with E-state index >= 15 is 0 Å². The van der Waals surface area contributed by atoms with Gasteiger partial charge in [-0.1, -0.05) is 0 Å². The molecule has 96 valence electrons. The number of nitrogens with zero attached hydrogens (tertiary/aromatic N) is 2. The van der Waals surface area contributed by atoms with E-state index in [-0.39, 0.29) is 24.6 Å². The van der Waals surface area contributed by atoms with Crippen LogP contribution in [0.25, 0.3) is 0 Å². The van der Waals surface area contributed by atoms with Crippen LogP contribution in [0.2, 0.25) is 0 Å². The molecule has 0 aliphatic carbocycles. The fourth-order valence-electron chi connectivity index (χ4n) is 1.06. The van der Waals surface area contributed by atoms with Crippen LogP contribution in [0, 0.1) is 0 Å². The second-order valence-electron chi connectivity index (χ2n) is 3.23. The van der Waals surface area contributed by atoms with Crippen LogP contribution < -0.4 is 4.72 Å². The Morgan fingerprint density at radius 1 is 1.65 bits per heavy atom. The van der Waals surface area contributed by atoms with Crippen molar-refractivity contribution in [2.24, 2.45) is 0 Å². The lowest BCUT2D eigenvalue weighted by Gasteiger charge is -2.04. The molecule has 0 saturated carbocycles. The van der Waals surface area contributed by atoms with Crippen molar-refractivity contribution >= 4 is 21.7 Å². The lowest BCUT2D eigenvalue weighted by atomic mass is 10.6. The van der Waals surface area contributed by atoms with Crippen LogP contribution in [0.3, 0.4) is 0 Å². The molecule has 0 unspecified atom stereocenters. The summed E-state index contributed by atoms with van der Waals surface area (Å²) in [5, 5.41) is 12.2. The summed E-state index contributed by atoms with van der Waals surface area (Å²) in [6, 6.07) is 0. The standard InChI is InChI=1S/C8H13N3O5S/c1-16-2-3-17(14,15)10-7-4-9-11(5-7)6-8(12)13/h4-5,10H,2-3,6H2,1H3,(H,12,13). The maximum absolute atomic E-state index is 11.4. The largest absolute Gasteiger partial charge is 0.480 e. The van der Waals surface area contributed by atoms with E-state index in [0.29, 0.717) is 0 Å². The normalized spacial score (nSPS) is 11.4. The molecule has 0 aliphatic rings. The molecule has 0 atom stereocenters. The summed E-state index contributed by atoms with van der Waals surface area (Å²) in [5.41, 5.74) is 0.224. The molecule has 17 heavy (non-hydrogen) atoms. The fraction of sp³-hybridized carbons (Fsp3) is 0.500. The molecule has 0 saturated heterocycles. The molecule has 0 spiro atoms. The molecule has 9 heteroatoms. The van der Waals surface area contributed by atoms with Crippen LogP contribution >= 0.6 is 0 Å². The van der Waals surface area contributed by atoms with E-state index in [9.17, 15) is 13.2 Å². The summed E-state index contributed by atoms with van der Waals surface area (Å²) in [4.78, 5) is 10.4. The molecule has 0 radical (unpaired) electrons. The van der Waals surface area contributed by atoms with E-state index in [2.05, 4.69) is 14.6 Å². The maximum atomic E-state index is 11.4. The van der Waals surface area contributed by atoms with Gasteiger partial charge in [-0.2, -0.15) is 5.10 Å². The number of hydrogen-bond donors (Lipinski definition) is 2. The fourth-order valence-corrected chi connectivity index (χ4v) is 2.02. The molecule has 1 aromatic heterocycles. The maximum Gasteiger partial charge on any atom is 0.325 e.